The Kier molecular flexibility index (Phi) is 4.43. The summed E-state index contributed by atoms with van der Waals surface area (Å²) < 4.78 is 14.8. The molecule has 0 amide bonds. The molecule has 18 heavy (non-hydrogen) atoms. The maximum Gasteiger partial charge on any atom is 0.129 e. The molecule has 3 heteroatoms. The maximum absolute atomic E-state index is 13.6. The molecule has 1 atom stereocenters. The molecular weight excluding hydrogens is 406 g/mol. The normalized spacial score (nSPS) is 12.5. The number of hydrogen-bond donors (Lipinski definition) is 0. The molecule has 0 bridgehead atoms. The van der Waals surface area contributed by atoms with Gasteiger partial charge in [-0.05, 0) is 70.8 Å². The van der Waals surface area contributed by atoms with Crippen LogP contribution in [0.2, 0.25) is 0 Å². The van der Waals surface area contributed by atoms with E-state index < -0.39 is 0 Å². The minimum absolute atomic E-state index is 0.104. The molecule has 0 fully saturated rings. The summed E-state index contributed by atoms with van der Waals surface area (Å²) in [4.78, 5) is 0.104. The molecule has 0 saturated carbocycles. The highest BCUT2D eigenvalue weighted by Gasteiger charge is 2.13. The predicted octanol–water partition coefficient (Wildman–Crippen LogP) is 5.53. The maximum atomic E-state index is 13.6. The average Bonchev–Trinajstić information content (AvgIpc) is 2.35. The van der Waals surface area contributed by atoms with E-state index in [4.69, 9.17) is 0 Å². The Labute approximate surface area is 129 Å². The third kappa shape index (κ3) is 2.94. The van der Waals surface area contributed by atoms with Gasteiger partial charge in [-0.25, -0.2) is 4.39 Å². The summed E-state index contributed by atoms with van der Waals surface area (Å²) in [5, 5.41) is 0. The molecule has 94 valence electrons. The van der Waals surface area contributed by atoms with E-state index in [9.17, 15) is 4.39 Å². The van der Waals surface area contributed by atoms with Crippen molar-refractivity contribution in [2.45, 2.75) is 18.7 Å². The quantitative estimate of drug-likeness (QED) is 0.444. The Hall–Kier alpha value is -0.420. The lowest BCUT2D eigenvalue weighted by atomic mass is 10.00. The molecule has 0 nitrogen and oxygen atoms in total. The van der Waals surface area contributed by atoms with Crippen LogP contribution in [0.4, 0.5) is 4.39 Å². The molecule has 0 aliphatic carbocycles. The lowest BCUT2D eigenvalue weighted by Gasteiger charge is -2.13. The minimum atomic E-state index is -0.110. The van der Waals surface area contributed by atoms with Crippen LogP contribution in [-0.4, -0.2) is 0 Å². The van der Waals surface area contributed by atoms with Gasteiger partial charge >= 0.3 is 0 Å². The van der Waals surface area contributed by atoms with Crippen molar-refractivity contribution in [3.63, 3.8) is 0 Å². The second-order valence-electron chi connectivity index (χ2n) is 4.38. The van der Waals surface area contributed by atoms with Gasteiger partial charge in [-0.2, -0.15) is 0 Å². The smallest absolute Gasteiger partial charge is 0.129 e. The van der Waals surface area contributed by atoms with E-state index >= 15 is 0 Å². The van der Waals surface area contributed by atoms with E-state index in [-0.39, 0.29) is 10.6 Å². The third-order valence-corrected chi connectivity index (χ3v) is 4.69. The van der Waals surface area contributed by atoms with Crippen LogP contribution in [0.1, 0.15) is 27.1 Å². The van der Waals surface area contributed by atoms with Gasteiger partial charge in [0.05, 0.1) is 4.83 Å². The molecule has 0 spiro atoms. The van der Waals surface area contributed by atoms with E-state index in [2.05, 4.69) is 62.8 Å². The summed E-state index contributed by atoms with van der Waals surface area (Å²) >= 11 is 5.97. The van der Waals surface area contributed by atoms with Crippen molar-refractivity contribution < 1.29 is 4.39 Å². The van der Waals surface area contributed by atoms with Gasteiger partial charge in [-0.15, -0.1) is 0 Å². The molecule has 0 aromatic heterocycles. The van der Waals surface area contributed by atoms with Crippen LogP contribution in [0, 0.1) is 23.2 Å². The van der Waals surface area contributed by atoms with Crippen LogP contribution >= 0.6 is 38.5 Å². The van der Waals surface area contributed by atoms with Gasteiger partial charge < -0.3 is 0 Å². The van der Waals surface area contributed by atoms with Crippen LogP contribution in [0.3, 0.4) is 0 Å². The van der Waals surface area contributed by atoms with Crippen molar-refractivity contribution in [1.82, 2.24) is 0 Å². The Morgan fingerprint density at radius 1 is 1.00 bits per heavy atom. The molecule has 0 saturated heterocycles. The number of alkyl halides is 1. The van der Waals surface area contributed by atoms with Crippen LogP contribution < -0.4 is 0 Å². The van der Waals surface area contributed by atoms with E-state index in [0.717, 1.165) is 5.56 Å². The largest absolute Gasteiger partial charge is 0.206 e. The number of benzene rings is 2. The summed E-state index contributed by atoms with van der Waals surface area (Å²) in [6.07, 6.45) is 0. The number of halogens is 3. The molecule has 0 aliphatic heterocycles. The Morgan fingerprint density at radius 3 is 2.00 bits per heavy atom. The van der Waals surface area contributed by atoms with Crippen molar-refractivity contribution in [2.24, 2.45) is 0 Å². The molecule has 2 aromatic carbocycles. The molecule has 0 N–H and O–H groups in total. The van der Waals surface area contributed by atoms with Gasteiger partial charge in [-0.1, -0.05) is 40.2 Å². The van der Waals surface area contributed by atoms with Crippen LogP contribution in [0.25, 0.3) is 0 Å². The van der Waals surface area contributed by atoms with E-state index in [0.29, 0.717) is 11.1 Å². The SMILES string of the molecule is Cc1cc(C(Br)c2ccc(I)cc2)cc(C)c1F. The average molecular weight is 419 g/mol. The van der Waals surface area contributed by atoms with Crippen molar-refractivity contribution in [1.29, 1.82) is 0 Å². The number of aryl methyl sites for hydroxylation is 2. The first-order chi connectivity index (χ1) is 8.49. The molecule has 2 aromatic rings. The summed E-state index contributed by atoms with van der Waals surface area (Å²) in [5.41, 5.74) is 3.66. The number of hydrogen-bond acceptors (Lipinski definition) is 0. The first-order valence-corrected chi connectivity index (χ1v) is 7.64. The monoisotopic (exact) mass is 418 g/mol. The Bertz CT molecular complexity index is 540. The summed E-state index contributed by atoms with van der Waals surface area (Å²) in [6, 6.07) is 12.1. The van der Waals surface area contributed by atoms with Crippen molar-refractivity contribution in [3.8, 4) is 0 Å². The standard InChI is InChI=1S/C15H13BrFI/c1-9-7-12(8-10(2)15(9)17)14(16)11-3-5-13(18)6-4-11/h3-8,14H,1-2H3. The van der Waals surface area contributed by atoms with E-state index in [1.165, 1.54) is 9.13 Å². The molecule has 0 heterocycles. The van der Waals surface area contributed by atoms with Gasteiger partial charge in [0, 0.05) is 3.57 Å². The predicted molar refractivity (Wildman–Crippen MR) is 85.8 cm³/mol. The minimum Gasteiger partial charge on any atom is -0.206 e. The zero-order chi connectivity index (χ0) is 13.3. The topological polar surface area (TPSA) is 0 Å². The zero-order valence-electron chi connectivity index (χ0n) is 10.2. The summed E-state index contributed by atoms with van der Waals surface area (Å²) in [5.74, 6) is -0.110. The van der Waals surface area contributed by atoms with Crippen molar-refractivity contribution >= 4 is 38.5 Å². The lowest BCUT2D eigenvalue weighted by molar-refractivity contribution is 0.608. The first kappa shape index (κ1) is 14.0. The second kappa shape index (κ2) is 5.70. The molecule has 2 rings (SSSR count). The molecule has 1 unspecified atom stereocenters. The van der Waals surface area contributed by atoms with Gasteiger partial charge in [-0.3, -0.25) is 0 Å². The van der Waals surface area contributed by atoms with Gasteiger partial charge in [0.25, 0.3) is 0 Å². The van der Waals surface area contributed by atoms with Crippen LogP contribution in [0.5, 0.6) is 0 Å². The Balaban J connectivity index is 2.39. The molecule has 0 aliphatic rings. The fourth-order valence-corrected chi connectivity index (χ4v) is 2.88. The van der Waals surface area contributed by atoms with Crippen LogP contribution in [-0.2, 0) is 0 Å². The zero-order valence-corrected chi connectivity index (χ0v) is 13.9. The third-order valence-electron chi connectivity index (χ3n) is 2.91. The molecular formula is C15H13BrFI. The van der Waals surface area contributed by atoms with Crippen LogP contribution in [0.15, 0.2) is 36.4 Å². The first-order valence-electron chi connectivity index (χ1n) is 5.65. The molecule has 0 radical (unpaired) electrons. The Morgan fingerprint density at radius 2 is 1.50 bits per heavy atom. The van der Waals surface area contributed by atoms with E-state index in [1.54, 1.807) is 13.8 Å². The van der Waals surface area contributed by atoms with Gasteiger partial charge in [0.1, 0.15) is 5.82 Å². The fraction of sp³-hybridized carbons (Fsp3) is 0.200. The number of rotatable bonds is 2. The highest BCUT2D eigenvalue weighted by molar-refractivity contribution is 14.1. The second-order valence-corrected chi connectivity index (χ2v) is 6.54. The van der Waals surface area contributed by atoms with Crippen molar-refractivity contribution in [3.05, 3.63) is 68.0 Å². The fourth-order valence-electron chi connectivity index (χ4n) is 1.95. The summed E-state index contributed by atoms with van der Waals surface area (Å²) in [6.45, 7) is 3.61. The lowest BCUT2D eigenvalue weighted by Crippen LogP contribution is -1.97. The van der Waals surface area contributed by atoms with Gasteiger partial charge in [0.2, 0.25) is 0 Å². The van der Waals surface area contributed by atoms with Crippen molar-refractivity contribution in [2.75, 3.05) is 0 Å². The van der Waals surface area contributed by atoms with E-state index in [1.807, 2.05) is 12.1 Å². The summed E-state index contributed by atoms with van der Waals surface area (Å²) in [7, 11) is 0. The highest BCUT2D eigenvalue weighted by atomic mass is 127. The highest BCUT2D eigenvalue weighted by Crippen LogP contribution is 2.32. The van der Waals surface area contributed by atoms with Gasteiger partial charge in [0.15, 0.2) is 0 Å².